The molecule has 0 bridgehead atoms. The molecule has 0 saturated carbocycles. The van der Waals surface area contributed by atoms with Crippen LogP contribution in [0, 0.1) is 5.92 Å². The highest BCUT2D eigenvalue weighted by atomic mass is 15.2. The van der Waals surface area contributed by atoms with E-state index in [9.17, 15) is 0 Å². The zero-order chi connectivity index (χ0) is 11.7. The second-order valence-electron chi connectivity index (χ2n) is 5.55. The van der Waals surface area contributed by atoms with Crippen LogP contribution in [0.4, 0.5) is 0 Å². The fraction of sp³-hybridized carbons (Fsp3) is 0.600. The summed E-state index contributed by atoms with van der Waals surface area (Å²) in [5.41, 5.74) is 8.91. The van der Waals surface area contributed by atoms with Crippen LogP contribution in [0.15, 0.2) is 24.3 Å². The number of aryl methyl sites for hydroxylation is 1. The molecule has 1 aromatic rings. The Bertz CT molecular complexity index is 388. The van der Waals surface area contributed by atoms with Crippen molar-refractivity contribution in [2.45, 2.75) is 31.7 Å². The predicted octanol–water partition coefficient (Wildman–Crippen LogP) is 1.82. The van der Waals surface area contributed by atoms with Crippen molar-refractivity contribution in [2.75, 3.05) is 19.6 Å². The molecule has 2 N–H and O–H groups in total. The number of benzene rings is 1. The number of nitrogens with two attached hydrogens (primary N) is 1. The minimum Gasteiger partial charge on any atom is -0.330 e. The lowest BCUT2D eigenvalue weighted by atomic mass is 9.87. The van der Waals surface area contributed by atoms with Gasteiger partial charge in [-0.25, -0.2) is 0 Å². The molecule has 92 valence electrons. The molecular weight excluding hydrogens is 208 g/mol. The largest absolute Gasteiger partial charge is 0.330 e. The molecule has 1 saturated heterocycles. The van der Waals surface area contributed by atoms with Gasteiger partial charge in [-0.2, -0.15) is 0 Å². The van der Waals surface area contributed by atoms with E-state index >= 15 is 0 Å². The van der Waals surface area contributed by atoms with Crippen molar-refractivity contribution in [3.63, 3.8) is 0 Å². The number of likely N-dealkylation sites (tertiary alicyclic amines) is 1. The topological polar surface area (TPSA) is 29.3 Å². The summed E-state index contributed by atoms with van der Waals surface area (Å²) < 4.78 is 0. The van der Waals surface area contributed by atoms with E-state index in [-0.39, 0.29) is 0 Å². The predicted molar refractivity (Wildman–Crippen MR) is 71.0 cm³/mol. The number of nitrogens with zero attached hydrogens (tertiary/aromatic N) is 1. The molecule has 2 nitrogen and oxygen atoms in total. The van der Waals surface area contributed by atoms with Crippen LogP contribution < -0.4 is 5.73 Å². The van der Waals surface area contributed by atoms with Gasteiger partial charge in [-0.3, -0.25) is 4.90 Å². The first-order valence-electron chi connectivity index (χ1n) is 6.87. The zero-order valence-corrected chi connectivity index (χ0v) is 10.4. The molecule has 3 rings (SSSR count). The maximum Gasteiger partial charge on any atom is 0.0139 e. The van der Waals surface area contributed by atoms with E-state index in [2.05, 4.69) is 29.2 Å². The van der Waals surface area contributed by atoms with Crippen molar-refractivity contribution < 1.29 is 0 Å². The van der Waals surface area contributed by atoms with Gasteiger partial charge >= 0.3 is 0 Å². The van der Waals surface area contributed by atoms with E-state index < -0.39 is 0 Å². The average molecular weight is 230 g/mol. The second-order valence-corrected chi connectivity index (χ2v) is 5.55. The minimum absolute atomic E-state index is 0.743. The Hall–Kier alpha value is -0.860. The fourth-order valence-corrected chi connectivity index (χ4v) is 3.38. The summed E-state index contributed by atoms with van der Waals surface area (Å²) in [6.07, 6.45) is 5.13. The van der Waals surface area contributed by atoms with Crippen molar-refractivity contribution in [1.82, 2.24) is 4.90 Å². The van der Waals surface area contributed by atoms with Crippen molar-refractivity contribution >= 4 is 0 Å². The summed E-state index contributed by atoms with van der Waals surface area (Å²) in [5.74, 6) is 0.743. The lowest BCUT2D eigenvalue weighted by Gasteiger charge is -2.32. The summed E-state index contributed by atoms with van der Waals surface area (Å²) in [6.45, 7) is 3.35. The van der Waals surface area contributed by atoms with Crippen molar-refractivity contribution in [3.05, 3.63) is 35.4 Å². The molecule has 1 aliphatic heterocycles. The van der Waals surface area contributed by atoms with Gasteiger partial charge in [0, 0.05) is 12.6 Å². The van der Waals surface area contributed by atoms with E-state index in [1.807, 2.05) is 0 Å². The monoisotopic (exact) mass is 230 g/mol. The lowest BCUT2D eigenvalue weighted by molar-refractivity contribution is 0.215. The maximum atomic E-state index is 5.78. The molecular formula is C15H22N2. The van der Waals surface area contributed by atoms with E-state index in [1.54, 1.807) is 11.1 Å². The van der Waals surface area contributed by atoms with Gasteiger partial charge in [0.25, 0.3) is 0 Å². The number of hydrogen-bond donors (Lipinski definition) is 1. The quantitative estimate of drug-likeness (QED) is 0.840. The molecule has 0 amide bonds. The maximum absolute atomic E-state index is 5.78. The Morgan fingerprint density at radius 2 is 2.00 bits per heavy atom. The average Bonchev–Trinajstić information content (AvgIpc) is 2.87. The first-order chi connectivity index (χ1) is 8.36. The third kappa shape index (κ3) is 2.24. The summed E-state index contributed by atoms with van der Waals surface area (Å²) in [6, 6.07) is 9.70. The van der Waals surface area contributed by atoms with Gasteiger partial charge in [-0.05, 0) is 55.8 Å². The molecule has 2 atom stereocenters. The molecule has 2 heteroatoms. The van der Waals surface area contributed by atoms with Crippen LogP contribution in [0.25, 0.3) is 0 Å². The number of rotatable bonds is 2. The van der Waals surface area contributed by atoms with Crippen molar-refractivity contribution in [1.29, 1.82) is 0 Å². The molecule has 2 aliphatic rings. The molecule has 1 fully saturated rings. The van der Waals surface area contributed by atoms with Gasteiger partial charge in [-0.15, -0.1) is 0 Å². The molecule has 0 aromatic heterocycles. The Balaban J connectivity index is 1.68. The third-order valence-electron chi connectivity index (χ3n) is 4.49. The highest BCUT2D eigenvalue weighted by Crippen LogP contribution is 2.27. The number of fused-ring (bicyclic) bond motifs is 1. The molecule has 0 radical (unpaired) electrons. The molecule has 1 aromatic carbocycles. The summed E-state index contributed by atoms with van der Waals surface area (Å²) in [4.78, 5) is 2.67. The van der Waals surface area contributed by atoms with Gasteiger partial charge in [0.15, 0.2) is 0 Å². The van der Waals surface area contributed by atoms with E-state index in [1.165, 1.54) is 38.8 Å². The van der Waals surface area contributed by atoms with Crippen molar-refractivity contribution in [2.24, 2.45) is 11.7 Å². The van der Waals surface area contributed by atoms with E-state index in [0.717, 1.165) is 18.5 Å². The van der Waals surface area contributed by atoms with E-state index in [4.69, 9.17) is 5.73 Å². The first-order valence-corrected chi connectivity index (χ1v) is 6.87. The lowest BCUT2D eigenvalue weighted by Crippen LogP contribution is -2.38. The van der Waals surface area contributed by atoms with Crippen molar-refractivity contribution in [3.8, 4) is 0 Å². The highest BCUT2D eigenvalue weighted by Gasteiger charge is 2.29. The Kier molecular flexibility index (Phi) is 3.17. The summed E-state index contributed by atoms with van der Waals surface area (Å²) in [7, 11) is 0. The van der Waals surface area contributed by atoms with Gasteiger partial charge < -0.3 is 5.73 Å². The van der Waals surface area contributed by atoms with Crippen LogP contribution in [0.5, 0.6) is 0 Å². The van der Waals surface area contributed by atoms with Crippen LogP contribution in [-0.2, 0) is 12.8 Å². The van der Waals surface area contributed by atoms with Gasteiger partial charge in [-0.1, -0.05) is 24.3 Å². The van der Waals surface area contributed by atoms with Gasteiger partial charge in [0.1, 0.15) is 0 Å². The fourth-order valence-electron chi connectivity index (χ4n) is 3.38. The van der Waals surface area contributed by atoms with Gasteiger partial charge in [0.2, 0.25) is 0 Å². The molecule has 0 spiro atoms. The second kappa shape index (κ2) is 4.79. The molecule has 17 heavy (non-hydrogen) atoms. The normalized spacial score (nSPS) is 29.2. The molecule has 1 aliphatic carbocycles. The van der Waals surface area contributed by atoms with Gasteiger partial charge in [0.05, 0.1) is 0 Å². The summed E-state index contributed by atoms with van der Waals surface area (Å²) >= 11 is 0. The van der Waals surface area contributed by atoms with Crippen LogP contribution in [-0.4, -0.2) is 30.6 Å². The minimum atomic E-state index is 0.743. The standard InChI is InChI=1S/C15H22N2/c16-10-12-7-8-17(11-12)15-6-5-13-3-1-2-4-14(13)9-15/h1-4,12,15H,5-11,16H2. The Morgan fingerprint density at radius 1 is 1.18 bits per heavy atom. The van der Waals surface area contributed by atoms with Crippen LogP contribution in [0.3, 0.4) is 0 Å². The first kappa shape index (κ1) is 11.2. The SMILES string of the molecule is NCC1CCN(C2CCc3ccccc3C2)C1. The Labute approximate surface area is 104 Å². The smallest absolute Gasteiger partial charge is 0.0139 e. The third-order valence-corrected chi connectivity index (χ3v) is 4.49. The highest BCUT2D eigenvalue weighted by molar-refractivity contribution is 5.30. The number of hydrogen-bond acceptors (Lipinski definition) is 2. The zero-order valence-electron chi connectivity index (χ0n) is 10.4. The van der Waals surface area contributed by atoms with Crippen LogP contribution in [0.2, 0.25) is 0 Å². The van der Waals surface area contributed by atoms with Crippen LogP contribution >= 0.6 is 0 Å². The Morgan fingerprint density at radius 3 is 2.76 bits per heavy atom. The molecule has 2 unspecified atom stereocenters. The summed E-state index contributed by atoms with van der Waals surface area (Å²) in [5, 5.41) is 0. The molecule has 1 heterocycles. The van der Waals surface area contributed by atoms with Crippen LogP contribution in [0.1, 0.15) is 24.0 Å². The van der Waals surface area contributed by atoms with E-state index in [0.29, 0.717) is 0 Å².